The van der Waals surface area contributed by atoms with Crippen molar-refractivity contribution in [3.63, 3.8) is 0 Å². The lowest BCUT2D eigenvalue weighted by atomic mass is 9.83. The summed E-state index contributed by atoms with van der Waals surface area (Å²) in [6.45, 7) is 2.69. The van der Waals surface area contributed by atoms with Crippen molar-refractivity contribution in [2.75, 3.05) is 6.54 Å². The van der Waals surface area contributed by atoms with E-state index < -0.39 is 0 Å². The largest absolute Gasteiger partial charge is 0.330 e. The highest BCUT2D eigenvalue weighted by Gasteiger charge is 2.22. The zero-order valence-electron chi connectivity index (χ0n) is 10.2. The Morgan fingerprint density at radius 2 is 2.24 bits per heavy atom. The molecule has 1 aliphatic carbocycles. The summed E-state index contributed by atoms with van der Waals surface area (Å²) in [5.74, 6) is 1.69. The molecule has 0 saturated heterocycles. The van der Waals surface area contributed by atoms with Gasteiger partial charge in [0.2, 0.25) is 0 Å². The number of aryl methyl sites for hydroxylation is 1. The highest BCUT2D eigenvalue weighted by Crippen LogP contribution is 2.35. The topological polar surface area (TPSA) is 56.2 Å². The minimum absolute atomic E-state index is 0.645. The normalized spacial score (nSPS) is 16.4. The van der Waals surface area contributed by atoms with E-state index in [4.69, 9.17) is 5.73 Å². The number of imidazole rings is 1. The van der Waals surface area contributed by atoms with Crippen molar-refractivity contribution in [1.29, 1.82) is 0 Å². The minimum Gasteiger partial charge on any atom is -0.330 e. The molecular formula is C13H18N4. The van der Waals surface area contributed by atoms with E-state index in [-0.39, 0.29) is 0 Å². The van der Waals surface area contributed by atoms with Crippen molar-refractivity contribution < 1.29 is 0 Å². The molecule has 0 aromatic carbocycles. The van der Waals surface area contributed by atoms with Crippen LogP contribution in [0.5, 0.6) is 0 Å². The van der Waals surface area contributed by atoms with Crippen LogP contribution in [0.2, 0.25) is 0 Å². The molecule has 2 aromatic heterocycles. The molecule has 90 valence electrons. The first-order chi connectivity index (χ1) is 8.28. The molecule has 1 aliphatic rings. The van der Waals surface area contributed by atoms with E-state index >= 15 is 0 Å². The van der Waals surface area contributed by atoms with Gasteiger partial charge in [-0.3, -0.25) is 4.40 Å². The lowest BCUT2D eigenvalue weighted by Crippen LogP contribution is -2.12. The van der Waals surface area contributed by atoms with Crippen molar-refractivity contribution in [2.24, 2.45) is 5.73 Å². The second-order valence-corrected chi connectivity index (χ2v) is 4.86. The van der Waals surface area contributed by atoms with Gasteiger partial charge in [-0.1, -0.05) is 6.42 Å². The third-order valence-corrected chi connectivity index (χ3v) is 3.62. The Morgan fingerprint density at radius 1 is 1.41 bits per heavy atom. The number of hydrogen-bond donors (Lipinski definition) is 1. The first-order valence-corrected chi connectivity index (χ1v) is 6.33. The van der Waals surface area contributed by atoms with Crippen LogP contribution in [-0.2, 0) is 6.42 Å². The molecule has 2 N–H and O–H groups in total. The van der Waals surface area contributed by atoms with Crippen LogP contribution in [-0.4, -0.2) is 20.9 Å². The fraction of sp³-hybridized carbons (Fsp3) is 0.538. The van der Waals surface area contributed by atoms with Crippen LogP contribution >= 0.6 is 0 Å². The van der Waals surface area contributed by atoms with Crippen LogP contribution in [0, 0.1) is 6.92 Å². The molecule has 4 heteroatoms. The van der Waals surface area contributed by atoms with E-state index in [0.29, 0.717) is 12.5 Å². The molecule has 0 spiro atoms. The monoisotopic (exact) mass is 230 g/mol. The predicted octanol–water partition coefficient (Wildman–Crippen LogP) is 1.81. The molecule has 2 aromatic rings. The lowest BCUT2D eigenvalue weighted by Gasteiger charge is -2.24. The molecule has 1 fully saturated rings. The summed E-state index contributed by atoms with van der Waals surface area (Å²) in [5.41, 5.74) is 8.85. The highest BCUT2D eigenvalue weighted by molar-refractivity contribution is 5.43. The summed E-state index contributed by atoms with van der Waals surface area (Å²) in [5, 5.41) is 0. The molecule has 1 saturated carbocycles. The van der Waals surface area contributed by atoms with Gasteiger partial charge in [-0.05, 0) is 26.3 Å². The summed E-state index contributed by atoms with van der Waals surface area (Å²) >= 11 is 0. The highest BCUT2D eigenvalue weighted by atomic mass is 15.1. The Hall–Kier alpha value is -1.42. The fourth-order valence-corrected chi connectivity index (χ4v) is 2.39. The Bertz CT molecular complexity index is 540. The van der Waals surface area contributed by atoms with Gasteiger partial charge in [0.05, 0.1) is 5.69 Å². The predicted molar refractivity (Wildman–Crippen MR) is 67.1 cm³/mol. The number of nitrogens with two attached hydrogens (primary N) is 1. The Morgan fingerprint density at radius 3 is 2.88 bits per heavy atom. The van der Waals surface area contributed by atoms with E-state index in [0.717, 1.165) is 23.6 Å². The smallest absolute Gasteiger partial charge is 0.140 e. The van der Waals surface area contributed by atoms with Gasteiger partial charge in [-0.15, -0.1) is 0 Å². The first-order valence-electron chi connectivity index (χ1n) is 6.33. The molecule has 4 nitrogen and oxygen atoms in total. The fourth-order valence-electron chi connectivity index (χ4n) is 2.39. The van der Waals surface area contributed by atoms with E-state index in [1.54, 1.807) is 0 Å². The van der Waals surface area contributed by atoms with E-state index in [1.165, 1.54) is 25.0 Å². The molecule has 0 radical (unpaired) electrons. The van der Waals surface area contributed by atoms with Gasteiger partial charge in [-0.2, -0.15) is 0 Å². The average Bonchev–Trinajstić information content (AvgIpc) is 2.59. The van der Waals surface area contributed by atoms with Crippen LogP contribution < -0.4 is 5.73 Å². The minimum atomic E-state index is 0.645. The molecule has 0 aliphatic heterocycles. The third-order valence-electron chi connectivity index (χ3n) is 3.62. The van der Waals surface area contributed by atoms with Crippen LogP contribution in [0.25, 0.3) is 5.65 Å². The number of hydrogen-bond acceptors (Lipinski definition) is 3. The van der Waals surface area contributed by atoms with E-state index in [2.05, 4.69) is 26.6 Å². The number of nitrogens with zero attached hydrogens (tertiary/aromatic N) is 3. The van der Waals surface area contributed by atoms with Crippen LogP contribution in [0.3, 0.4) is 0 Å². The van der Waals surface area contributed by atoms with Gasteiger partial charge in [0.15, 0.2) is 0 Å². The van der Waals surface area contributed by atoms with Gasteiger partial charge in [0, 0.05) is 30.3 Å². The zero-order chi connectivity index (χ0) is 11.8. The summed E-state index contributed by atoms with van der Waals surface area (Å²) in [6.07, 6.45) is 6.77. The Labute approximate surface area is 101 Å². The van der Waals surface area contributed by atoms with E-state index in [9.17, 15) is 0 Å². The molecule has 3 rings (SSSR count). The molecular weight excluding hydrogens is 212 g/mol. The van der Waals surface area contributed by atoms with Crippen molar-refractivity contribution in [3.05, 3.63) is 29.5 Å². The Kier molecular flexibility index (Phi) is 2.59. The Balaban J connectivity index is 2.04. The molecule has 0 unspecified atom stereocenters. The van der Waals surface area contributed by atoms with Gasteiger partial charge in [0.25, 0.3) is 0 Å². The average molecular weight is 230 g/mol. The van der Waals surface area contributed by atoms with Crippen molar-refractivity contribution in [2.45, 2.75) is 38.5 Å². The van der Waals surface area contributed by atoms with Gasteiger partial charge >= 0.3 is 0 Å². The second-order valence-electron chi connectivity index (χ2n) is 4.86. The van der Waals surface area contributed by atoms with Gasteiger partial charge < -0.3 is 5.73 Å². The summed E-state index contributed by atoms with van der Waals surface area (Å²) in [4.78, 5) is 9.30. The maximum absolute atomic E-state index is 5.56. The van der Waals surface area contributed by atoms with Crippen molar-refractivity contribution >= 4 is 5.65 Å². The maximum Gasteiger partial charge on any atom is 0.140 e. The van der Waals surface area contributed by atoms with Crippen LogP contribution in [0.1, 0.15) is 42.4 Å². The molecule has 0 bridgehead atoms. The number of rotatable bonds is 3. The first kappa shape index (κ1) is 10.7. The zero-order valence-corrected chi connectivity index (χ0v) is 10.2. The number of fused-ring (bicyclic) bond motifs is 1. The maximum atomic E-state index is 5.56. The standard InChI is InChI=1S/C13H18N4/c1-9-15-12(10-3-2-4-10)7-13-16-11(5-6-14)8-17(9)13/h7-8,10H,2-6,14H2,1H3. The third kappa shape index (κ3) is 1.82. The summed E-state index contributed by atoms with van der Waals surface area (Å²) in [6, 6.07) is 2.14. The number of aromatic nitrogens is 3. The summed E-state index contributed by atoms with van der Waals surface area (Å²) in [7, 11) is 0. The molecule has 0 atom stereocenters. The SMILES string of the molecule is Cc1nc(C2CCC2)cc2nc(CCN)cn12. The van der Waals surface area contributed by atoms with Crippen molar-refractivity contribution in [1.82, 2.24) is 14.4 Å². The van der Waals surface area contributed by atoms with E-state index in [1.807, 2.05) is 6.92 Å². The van der Waals surface area contributed by atoms with Crippen molar-refractivity contribution in [3.8, 4) is 0 Å². The van der Waals surface area contributed by atoms with Gasteiger partial charge in [-0.25, -0.2) is 9.97 Å². The molecule has 2 heterocycles. The van der Waals surface area contributed by atoms with Crippen LogP contribution in [0.4, 0.5) is 0 Å². The molecule has 17 heavy (non-hydrogen) atoms. The van der Waals surface area contributed by atoms with Crippen LogP contribution in [0.15, 0.2) is 12.3 Å². The molecule has 0 amide bonds. The quantitative estimate of drug-likeness (QED) is 0.874. The lowest BCUT2D eigenvalue weighted by molar-refractivity contribution is 0.410. The second kappa shape index (κ2) is 4.11. The van der Waals surface area contributed by atoms with Gasteiger partial charge in [0.1, 0.15) is 11.5 Å². The summed E-state index contributed by atoms with van der Waals surface area (Å²) < 4.78 is 2.06.